The maximum atomic E-state index is 12.5. The summed E-state index contributed by atoms with van der Waals surface area (Å²) in [4.78, 5) is 21.3. The van der Waals surface area contributed by atoms with E-state index in [2.05, 4.69) is 16.8 Å². The van der Waals surface area contributed by atoms with Gasteiger partial charge in [-0.2, -0.15) is 0 Å². The van der Waals surface area contributed by atoms with Gasteiger partial charge in [-0.05, 0) is 32.4 Å². The van der Waals surface area contributed by atoms with Crippen molar-refractivity contribution in [2.24, 2.45) is 5.73 Å². The molecular formula is C15H28Cl2N4OS. The minimum absolute atomic E-state index is 0. The van der Waals surface area contributed by atoms with Gasteiger partial charge in [-0.1, -0.05) is 6.92 Å². The predicted molar refractivity (Wildman–Crippen MR) is 101 cm³/mol. The monoisotopic (exact) mass is 382 g/mol. The molecule has 1 aliphatic rings. The van der Waals surface area contributed by atoms with Gasteiger partial charge >= 0.3 is 0 Å². The van der Waals surface area contributed by atoms with Gasteiger partial charge in [-0.3, -0.25) is 4.79 Å². The molecule has 0 aliphatic carbocycles. The van der Waals surface area contributed by atoms with Crippen LogP contribution in [0.1, 0.15) is 41.7 Å². The van der Waals surface area contributed by atoms with Crippen LogP contribution in [0.2, 0.25) is 0 Å². The summed E-state index contributed by atoms with van der Waals surface area (Å²) in [6.45, 7) is 6.13. The van der Waals surface area contributed by atoms with Gasteiger partial charge in [-0.15, -0.1) is 36.2 Å². The average Bonchev–Trinajstić information content (AvgIpc) is 2.96. The Morgan fingerprint density at radius 2 is 2.09 bits per heavy atom. The molecule has 0 unspecified atom stereocenters. The Kier molecular flexibility index (Phi) is 11.0. The number of rotatable bonds is 6. The van der Waals surface area contributed by atoms with Crippen LogP contribution in [0.4, 0.5) is 0 Å². The number of hydrogen-bond acceptors (Lipinski definition) is 5. The lowest BCUT2D eigenvalue weighted by molar-refractivity contribution is 0.0637. The Morgan fingerprint density at radius 1 is 1.43 bits per heavy atom. The summed E-state index contributed by atoms with van der Waals surface area (Å²) in [6.07, 6.45) is 4.06. The van der Waals surface area contributed by atoms with E-state index in [1.807, 2.05) is 17.3 Å². The number of thiazole rings is 1. The van der Waals surface area contributed by atoms with E-state index in [9.17, 15) is 4.79 Å². The number of hydrogen-bond donors (Lipinski definition) is 1. The van der Waals surface area contributed by atoms with Crippen molar-refractivity contribution in [2.45, 2.75) is 38.6 Å². The molecule has 8 heteroatoms. The molecule has 0 bridgehead atoms. The summed E-state index contributed by atoms with van der Waals surface area (Å²) < 4.78 is 0. The first-order chi connectivity index (χ1) is 10.2. The third kappa shape index (κ3) is 6.19. The highest BCUT2D eigenvalue weighted by atomic mass is 35.5. The van der Waals surface area contributed by atoms with Crippen molar-refractivity contribution in [2.75, 3.05) is 33.2 Å². The van der Waals surface area contributed by atoms with Gasteiger partial charge in [-0.25, -0.2) is 4.98 Å². The second-order valence-corrected chi connectivity index (χ2v) is 6.60. The van der Waals surface area contributed by atoms with Gasteiger partial charge in [0.25, 0.3) is 5.91 Å². The van der Waals surface area contributed by atoms with Crippen LogP contribution >= 0.6 is 36.2 Å². The standard InChI is InChI=1S/C15H26N4OS.2ClH/c1-3-8-19-9-5-12(6-10-19)18(2)15(20)13-11-21-14(17-13)4-7-16;;/h11-12H,3-10,16H2,1-2H3;2*1H. The molecule has 5 nitrogen and oxygen atoms in total. The molecule has 1 saturated heterocycles. The van der Waals surface area contributed by atoms with Crippen LogP contribution < -0.4 is 5.73 Å². The molecule has 1 amide bonds. The molecule has 2 heterocycles. The summed E-state index contributed by atoms with van der Waals surface area (Å²) in [6, 6.07) is 0.338. The zero-order chi connectivity index (χ0) is 15.2. The van der Waals surface area contributed by atoms with E-state index in [0.717, 1.165) is 37.4 Å². The lowest BCUT2D eigenvalue weighted by Gasteiger charge is -2.36. The largest absolute Gasteiger partial charge is 0.337 e. The molecule has 0 radical (unpaired) electrons. The van der Waals surface area contributed by atoms with Crippen molar-refractivity contribution in [1.82, 2.24) is 14.8 Å². The van der Waals surface area contributed by atoms with E-state index in [-0.39, 0.29) is 30.7 Å². The van der Waals surface area contributed by atoms with E-state index in [1.54, 1.807) is 0 Å². The molecule has 23 heavy (non-hydrogen) atoms. The predicted octanol–water partition coefficient (Wildman–Crippen LogP) is 2.43. The first kappa shape index (κ1) is 22.6. The minimum Gasteiger partial charge on any atom is -0.337 e. The van der Waals surface area contributed by atoms with Crippen LogP contribution in [0.25, 0.3) is 0 Å². The Bertz CT molecular complexity index is 464. The van der Waals surface area contributed by atoms with E-state index in [4.69, 9.17) is 5.73 Å². The van der Waals surface area contributed by atoms with Crippen LogP contribution in [0.5, 0.6) is 0 Å². The van der Waals surface area contributed by atoms with E-state index >= 15 is 0 Å². The Morgan fingerprint density at radius 3 is 2.65 bits per heavy atom. The highest BCUT2D eigenvalue weighted by Crippen LogP contribution is 2.19. The third-order valence-electron chi connectivity index (χ3n) is 4.09. The number of carbonyl (C=O) groups excluding carboxylic acids is 1. The molecule has 2 N–H and O–H groups in total. The molecule has 0 aromatic carbocycles. The van der Waals surface area contributed by atoms with Gasteiger partial charge in [0.05, 0.1) is 5.01 Å². The summed E-state index contributed by atoms with van der Waals surface area (Å²) >= 11 is 1.53. The maximum Gasteiger partial charge on any atom is 0.273 e. The zero-order valence-electron chi connectivity index (χ0n) is 13.9. The minimum atomic E-state index is 0. The van der Waals surface area contributed by atoms with Crippen molar-refractivity contribution in [3.63, 3.8) is 0 Å². The molecule has 1 aromatic rings. The molecule has 0 atom stereocenters. The molecule has 0 spiro atoms. The lowest BCUT2D eigenvalue weighted by atomic mass is 10.0. The van der Waals surface area contributed by atoms with E-state index in [0.29, 0.717) is 18.3 Å². The third-order valence-corrected chi connectivity index (χ3v) is 5.00. The second-order valence-electron chi connectivity index (χ2n) is 5.65. The number of nitrogens with two attached hydrogens (primary N) is 1. The smallest absolute Gasteiger partial charge is 0.273 e. The molecule has 1 aromatic heterocycles. The topological polar surface area (TPSA) is 62.5 Å². The van der Waals surface area contributed by atoms with Gasteiger partial charge in [0, 0.05) is 38.0 Å². The van der Waals surface area contributed by atoms with Crippen molar-refractivity contribution < 1.29 is 4.79 Å². The van der Waals surface area contributed by atoms with Crippen LogP contribution in [0, 0.1) is 0 Å². The highest BCUT2D eigenvalue weighted by Gasteiger charge is 2.26. The van der Waals surface area contributed by atoms with Crippen LogP contribution in [0.15, 0.2) is 5.38 Å². The number of carbonyl (C=O) groups is 1. The summed E-state index contributed by atoms with van der Waals surface area (Å²) in [5.41, 5.74) is 6.10. The fourth-order valence-corrected chi connectivity index (χ4v) is 3.63. The number of amides is 1. The fraction of sp³-hybridized carbons (Fsp3) is 0.733. The Hall–Kier alpha value is -0.400. The number of aromatic nitrogens is 1. The number of halogens is 2. The summed E-state index contributed by atoms with van der Waals surface area (Å²) in [5, 5.41) is 2.81. The Balaban J connectivity index is 0.00000242. The van der Waals surface area contributed by atoms with Gasteiger partial charge in [0.1, 0.15) is 5.69 Å². The van der Waals surface area contributed by atoms with Crippen LogP contribution in [-0.2, 0) is 6.42 Å². The first-order valence-electron chi connectivity index (χ1n) is 7.79. The van der Waals surface area contributed by atoms with Gasteiger partial charge in [0.2, 0.25) is 0 Å². The molecule has 1 aliphatic heterocycles. The van der Waals surface area contributed by atoms with Crippen LogP contribution in [0.3, 0.4) is 0 Å². The van der Waals surface area contributed by atoms with Crippen molar-refractivity contribution in [1.29, 1.82) is 0 Å². The highest BCUT2D eigenvalue weighted by molar-refractivity contribution is 7.09. The first-order valence-corrected chi connectivity index (χ1v) is 8.67. The van der Waals surface area contributed by atoms with Gasteiger partial charge < -0.3 is 15.5 Å². The second kappa shape index (κ2) is 11.2. The van der Waals surface area contributed by atoms with E-state index in [1.165, 1.54) is 24.3 Å². The van der Waals surface area contributed by atoms with Gasteiger partial charge in [0.15, 0.2) is 0 Å². The Labute approximate surface area is 155 Å². The van der Waals surface area contributed by atoms with Crippen molar-refractivity contribution >= 4 is 42.1 Å². The maximum absolute atomic E-state index is 12.5. The van der Waals surface area contributed by atoms with Crippen molar-refractivity contribution in [3.05, 3.63) is 16.1 Å². The van der Waals surface area contributed by atoms with E-state index < -0.39 is 0 Å². The normalized spacial score (nSPS) is 15.6. The number of likely N-dealkylation sites (tertiary alicyclic amines) is 1. The molecule has 0 saturated carbocycles. The molecule has 134 valence electrons. The SMILES string of the molecule is CCCN1CCC(N(C)C(=O)c2csc(CCN)n2)CC1.Cl.Cl. The van der Waals surface area contributed by atoms with Crippen LogP contribution in [-0.4, -0.2) is 60.0 Å². The van der Waals surface area contributed by atoms with Crippen molar-refractivity contribution in [3.8, 4) is 0 Å². The molecule has 1 fully saturated rings. The average molecular weight is 383 g/mol. The molecular weight excluding hydrogens is 355 g/mol. The zero-order valence-corrected chi connectivity index (χ0v) is 16.3. The summed E-state index contributed by atoms with van der Waals surface area (Å²) in [7, 11) is 1.91. The summed E-state index contributed by atoms with van der Waals surface area (Å²) in [5.74, 6) is 0.0449. The number of piperidine rings is 1. The molecule has 2 rings (SSSR count). The lowest BCUT2D eigenvalue weighted by Crippen LogP contribution is -2.45. The fourth-order valence-electron chi connectivity index (χ4n) is 2.84. The quantitative estimate of drug-likeness (QED) is 0.820. The number of nitrogens with zero attached hydrogens (tertiary/aromatic N) is 3.